The number of aldehydes is 1. The molecule has 0 aliphatic heterocycles. The van der Waals surface area contributed by atoms with Gasteiger partial charge in [0, 0.05) is 13.7 Å². The largest absolute Gasteiger partial charge is 0.491 e. The highest BCUT2D eigenvalue weighted by Gasteiger charge is 2.22. The molecule has 1 aromatic rings. The number of aryl methyl sites for hydroxylation is 1. The van der Waals surface area contributed by atoms with E-state index in [2.05, 4.69) is 0 Å². The third kappa shape index (κ3) is 11.1. The van der Waals surface area contributed by atoms with Gasteiger partial charge < -0.3 is 28.5 Å². The van der Waals surface area contributed by atoms with Crippen molar-refractivity contribution in [1.29, 1.82) is 0 Å². The van der Waals surface area contributed by atoms with Crippen LogP contribution in [0.5, 0.6) is 5.75 Å². The van der Waals surface area contributed by atoms with Crippen LogP contribution < -0.4 is 4.74 Å². The van der Waals surface area contributed by atoms with Crippen LogP contribution in [-0.2, 0) is 30.2 Å². The first-order valence-electron chi connectivity index (χ1n) is 9.56. The Morgan fingerprint density at radius 3 is 2.33 bits per heavy atom. The van der Waals surface area contributed by atoms with Crippen LogP contribution in [0.2, 0.25) is 0 Å². The third-order valence-electron chi connectivity index (χ3n) is 4.03. The predicted molar refractivity (Wildman–Crippen MR) is 104 cm³/mol. The minimum absolute atomic E-state index is 0.453. The molecule has 6 heteroatoms. The van der Waals surface area contributed by atoms with Gasteiger partial charge >= 0.3 is 0 Å². The summed E-state index contributed by atoms with van der Waals surface area (Å²) in [6.45, 7) is 8.52. The van der Waals surface area contributed by atoms with Crippen LogP contribution in [-0.4, -0.2) is 58.3 Å². The molecule has 0 spiro atoms. The van der Waals surface area contributed by atoms with Crippen molar-refractivity contribution in [3.63, 3.8) is 0 Å². The Bertz CT molecular complexity index is 500. The summed E-state index contributed by atoms with van der Waals surface area (Å²) < 4.78 is 27.1. The van der Waals surface area contributed by atoms with Crippen LogP contribution >= 0.6 is 0 Å². The molecule has 27 heavy (non-hydrogen) atoms. The van der Waals surface area contributed by atoms with Crippen molar-refractivity contribution in [2.45, 2.75) is 51.9 Å². The highest BCUT2D eigenvalue weighted by molar-refractivity contribution is 5.55. The fourth-order valence-corrected chi connectivity index (χ4v) is 2.41. The third-order valence-corrected chi connectivity index (χ3v) is 4.03. The molecule has 0 N–H and O–H groups in total. The van der Waals surface area contributed by atoms with E-state index in [1.54, 1.807) is 21.0 Å². The van der Waals surface area contributed by atoms with Gasteiger partial charge in [-0.25, -0.2) is 0 Å². The zero-order chi connectivity index (χ0) is 20.0. The second-order valence-corrected chi connectivity index (χ2v) is 6.59. The summed E-state index contributed by atoms with van der Waals surface area (Å²) in [5, 5.41) is 0. The topological polar surface area (TPSA) is 63.2 Å². The van der Waals surface area contributed by atoms with Crippen LogP contribution in [0.1, 0.15) is 39.2 Å². The standard InChI is InChI=1S/C21H34O6/c1-5-24-13-14-25-15-16-26-19-11-9-18(10-12-19)7-6-8-20(17-22)27-21(2,3)23-4/h9-12,17,20H,5-8,13-16H2,1-4H3. The summed E-state index contributed by atoms with van der Waals surface area (Å²) >= 11 is 0. The molecule has 0 saturated carbocycles. The van der Waals surface area contributed by atoms with Crippen LogP contribution in [0, 0.1) is 0 Å². The second-order valence-electron chi connectivity index (χ2n) is 6.59. The molecule has 6 nitrogen and oxygen atoms in total. The molecular weight excluding hydrogens is 348 g/mol. The fourth-order valence-electron chi connectivity index (χ4n) is 2.41. The predicted octanol–water partition coefficient (Wildman–Crippen LogP) is 3.41. The second kappa shape index (κ2) is 13.7. The maximum atomic E-state index is 11.2. The summed E-state index contributed by atoms with van der Waals surface area (Å²) in [4.78, 5) is 11.2. The quantitative estimate of drug-likeness (QED) is 0.248. The van der Waals surface area contributed by atoms with Gasteiger partial charge in [0.25, 0.3) is 0 Å². The van der Waals surface area contributed by atoms with Crippen molar-refractivity contribution in [3.05, 3.63) is 29.8 Å². The van der Waals surface area contributed by atoms with Crippen molar-refractivity contribution in [3.8, 4) is 5.75 Å². The van der Waals surface area contributed by atoms with Crippen molar-refractivity contribution in [2.75, 3.05) is 40.1 Å². The number of benzene rings is 1. The van der Waals surface area contributed by atoms with E-state index in [-0.39, 0.29) is 0 Å². The summed E-state index contributed by atoms with van der Waals surface area (Å²) in [7, 11) is 1.57. The molecule has 0 heterocycles. The van der Waals surface area contributed by atoms with Gasteiger partial charge in [0.1, 0.15) is 24.7 Å². The molecule has 0 aliphatic rings. The first-order valence-corrected chi connectivity index (χ1v) is 9.56. The number of carbonyl (C=O) groups excluding carboxylic acids is 1. The van der Waals surface area contributed by atoms with Gasteiger partial charge in [-0.3, -0.25) is 0 Å². The van der Waals surface area contributed by atoms with Crippen molar-refractivity contribution in [2.24, 2.45) is 0 Å². The van der Waals surface area contributed by atoms with Gasteiger partial charge in [0.2, 0.25) is 0 Å². The van der Waals surface area contributed by atoms with Gasteiger partial charge in [-0.05, 0) is 57.7 Å². The number of hydrogen-bond acceptors (Lipinski definition) is 6. The smallest absolute Gasteiger partial charge is 0.163 e. The van der Waals surface area contributed by atoms with E-state index in [9.17, 15) is 4.79 Å². The number of carbonyl (C=O) groups is 1. The molecule has 0 aromatic heterocycles. The maximum absolute atomic E-state index is 11.2. The van der Waals surface area contributed by atoms with E-state index >= 15 is 0 Å². The zero-order valence-corrected chi connectivity index (χ0v) is 17.1. The number of rotatable bonds is 16. The van der Waals surface area contributed by atoms with Gasteiger partial charge in [-0.15, -0.1) is 0 Å². The van der Waals surface area contributed by atoms with Gasteiger partial charge in [0.15, 0.2) is 5.79 Å². The highest BCUT2D eigenvalue weighted by Crippen LogP contribution is 2.17. The molecule has 0 saturated heterocycles. The Morgan fingerprint density at radius 1 is 1.04 bits per heavy atom. The maximum Gasteiger partial charge on any atom is 0.163 e. The van der Waals surface area contributed by atoms with E-state index in [4.69, 9.17) is 23.7 Å². The lowest BCUT2D eigenvalue weighted by Crippen LogP contribution is -2.33. The number of ether oxygens (including phenoxy) is 5. The Balaban J connectivity index is 2.23. The minimum Gasteiger partial charge on any atom is -0.491 e. The molecule has 0 fully saturated rings. The normalized spacial score (nSPS) is 12.7. The van der Waals surface area contributed by atoms with Crippen molar-refractivity contribution < 1.29 is 28.5 Å². The summed E-state index contributed by atoms with van der Waals surface area (Å²) in [6, 6.07) is 8.00. The van der Waals surface area contributed by atoms with Gasteiger partial charge in [-0.1, -0.05) is 12.1 Å². The Labute approximate surface area is 163 Å². The van der Waals surface area contributed by atoms with Crippen molar-refractivity contribution >= 4 is 6.29 Å². The molecule has 0 amide bonds. The SMILES string of the molecule is CCOCCOCCOc1ccc(CCCC(C=O)OC(C)(C)OC)cc1. The molecule has 1 unspecified atom stereocenters. The number of methoxy groups -OCH3 is 1. The van der Waals surface area contributed by atoms with E-state index in [0.29, 0.717) is 39.5 Å². The average molecular weight is 382 g/mol. The fraction of sp³-hybridized carbons (Fsp3) is 0.667. The lowest BCUT2D eigenvalue weighted by molar-refractivity contribution is -0.219. The first kappa shape index (κ1) is 23.6. The van der Waals surface area contributed by atoms with Crippen LogP contribution in [0.4, 0.5) is 0 Å². The summed E-state index contributed by atoms with van der Waals surface area (Å²) in [6.07, 6.45) is 2.78. The van der Waals surface area contributed by atoms with Crippen molar-refractivity contribution in [1.82, 2.24) is 0 Å². The lowest BCUT2D eigenvalue weighted by Gasteiger charge is -2.26. The van der Waals surface area contributed by atoms with Gasteiger partial charge in [-0.2, -0.15) is 0 Å². The highest BCUT2D eigenvalue weighted by atomic mass is 16.7. The zero-order valence-electron chi connectivity index (χ0n) is 17.1. The lowest BCUT2D eigenvalue weighted by atomic mass is 10.1. The Morgan fingerprint density at radius 2 is 1.70 bits per heavy atom. The molecular formula is C21H34O6. The van der Waals surface area contributed by atoms with Gasteiger partial charge in [0.05, 0.1) is 19.8 Å². The molecule has 0 radical (unpaired) electrons. The summed E-state index contributed by atoms with van der Waals surface area (Å²) in [5.41, 5.74) is 1.20. The molecule has 154 valence electrons. The summed E-state index contributed by atoms with van der Waals surface area (Å²) in [5.74, 6) is 0.0696. The number of hydrogen-bond donors (Lipinski definition) is 0. The van der Waals surface area contributed by atoms with Crippen LogP contribution in [0.25, 0.3) is 0 Å². The first-order chi connectivity index (χ1) is 13.0. The molecule has 0 bridgehead atoms. The monoisotopic (exact) mass is 382 g/mol. The molecule has 1 rings (SSSR count). The molecule has 1 aromatic carbocycles. The van der Waals surface area contributed by atoms with Crippen LogP contribution in [0.3, 0.4) is 0 Å². The van der Waals surface area contributed by atoms with E-state index in [1.165, 1.54) is 5.56 Å². The molecule has 1 atom stereocenters. The van der Waals surface area contributed by atoms with E-state index < -0.39 is 11.9 Å². The Kier molecular flexibility index (Phi) is 11.9. The minimum atomic E-state index is -0.753. The van der Waals surface area contributed by atoms with E-state index in [0.717, 1.165) is 24.9 Å². The average Bonchev–Trinajstić information content (AvgIpc) is 2.67. The Hall–Kier alpha value is -1.47. The van der Waals surface area contributed by atoms with E-state index in [1.807, 2.05) is 31.2 Å². The molecule has 0 aliphatic carbocycles. The van der Waals surface area contributed by atoms with Crippen LogP contribution in [0.15, 0.2) is 24.3 Å².